The van der Waals surface area contributed by atoms with Gasteiger partial charge in [0.25, 0.3) is 0 Å². The fraction of sp³-hybridized carbons (Fsp3) is 0.455. The molecule has 1 heterocycles. The maximum Gasteiger partial charge on any atom is 0.120 e. The van der Waals surface area contributed by atoms with Crippen LogP contribution in [-0.4, -0.2) is 18.4 Å². The SMILES string of the molecule is COc1ccc2c(c1)SCC(C)(C)N2. The van der Waals surface area contributed by atoms with Gasteiger partial charge >= 0.3 is 0 Å². The molecule has 0 aromatic heterocycles. The molecule has 1 aliphatic rings. The first-order valence-corrected chi connectivity index (χ1v) is 5.68. The predicted octanol–water partition coefficient (Wildman–Crippen LogP) is 2.99. The largest absolute Gasteiger partial charge is 0.497 e. The average Bonchev–Trinajstić information content (AvgIpc) is 2.16. The molecule has 1 N–H and O–H groups in total. The third-order valence-electron chi connectivity index (χ3n) is 2.25. The minimum absolute atomic E-state index is 0.187. The number of rotatable bonds is 1. The van der Waals surface area contributed by atoms with Gasteiger partial charge in [-0.2, -0.15) is 0 Å². The Morgan fingerprint density at radius 3 is 2.93 bits per heavy atom. The van der Waals surface area contributed by atoms with Crippen molar-refractivity contribution >= 4 is 17.4 Å². The molecule has 0 fully saturated rings. The number of benzene rings is 1. The van der Waals surface area contributed by atoms with E-state index in [1.807, 2.05) is 17.8 Å². The van der Waals surface area contributed by atoms with Crippen LogP contribution in [0.2, 0.25) is 0 Å². The lowest BCUT2D eigenvalue weighted by atomic mass is 10.1. The number of thioether (sulfide) groups is 1. The van der Waals surface area contributed by atoms with Gasteiger partial charge in [0, 0.05) is 21.9 Å². The van der Waals surface area contributed by atoms with Gasteiger partial charge in [-0.25, -0.2) is 0 Å². The van der Waals surface area contributed by atoms with Crippen molar-refractivity contribution < 1.29 is 4.74 Å². The second kappa shape index (κ2) is 3.39. The molecule has 0 aliphatic carbocycles. The van der Waals surface area contributed by atoms with Gasteiger partial charge in [0.15, 0.2) is 0 Å². The van der Waals surface area contributed by atoms with Crippen LogP contribution in [0.25, 0.3) is 0 Å². The van der Waals surface area contributed by atoms with Crippen LogP contribution in [0, 0.1) is 0 Å². The molecule has 0 unspecified atom stereocenters. The molecule has 0 amide bonds. The summed E-state index contributed by atoms with van der Waals surface area (Å²) in [6, 6.07) is 6.16. The van der Waals surface area contributed by atoms with Gasteiger partial charge in [0.1, 0.15) is 5.75 Å². The topological polar surface area (TPSA) is 21.3 Å². The quantitative estimate of drug-likeness (QED) is 0.768. The van der Waals surface area contributed by atoms with Crippen LogP contribution in [0.5, 0.6) is 5.75 Å². The van der Waals surface area contributed by atoms with Crippen LogP contribution in [-0.2, 0) is 0 Å². The Kier molecular flexibility index (Phi) is 2.35. The molecule has 0 radical (unpaired) electrons. The lowest BCUT2D eigenvalue weighted by Crippen LogP contribution is -2.36. The summed E-state index contributed by atoms with van der Waals surface area (Å²) in [5.74, 6) is 2.02. The summed E-state index contributed by atoms with van der Waals surface area (Å²) in [7, 11) is 1.70. The van der Waals surface area contributed by atoms with E-state index in [1.54, 1.807) is 7.11 Å². The van der Waals surface area contributed by atoms with Gasteiger partial charge in [0.05, 0.1) is 7.11 Å². The van der Waals surface area contributed by atoms with Crippen LogP contribution in [0.1, 0.15) is 13.8 Å². The number of anilines is 1. The van der Waals surface area contributed by atoms with Gasteiger partial charge in [-0.15, -0.1) is 11.8 Å². The first-order valence-electron chi connectivity index (χ1n) is 4.70. The lowest BCUT2D eigenvalue weighted by Gasteiger charge is -2.33. The Labute approximate surface area is 89.0 Å². The van der Waals surface area contributed by atoms with Crippen molar-refractivity contribution in [3.05, 3.63) is 18.2 Å². The van der Waals surface area contributed by atoms with E-state index in [0.29, 0.717) is 0 Å². The maximum atomic E-state index is 5.19. The van der Waals surface area contributed by atoms with E-state index in [-0.39, 0.29) is 5.54 Å². The van der Waals surface area contributed by atoms with Crippen LogP contribution in [0.3, 0.4) is 0 Å². The Balaban J connectivity index is 2.32. The Hall–Kier alpha value is -0.830. The summed E-state index contributed by atoms with van der Waals surface area (Å²) in [5, 5.41) is 3.51. The van der Waals surface area contributed by atoms with Crippen molar-refractivity contribution in [3.63, 3.8) is 0 Å². The van der Waals surface area contributed by atoms with Gasteiger partial charge in [-0.1, -0.05) is 0 Å². The Morgan fingerprint density at radius 1 is 1.43 bits per heavy atom. The van der Waals surface area contributed by atoms with E-state index in [0.717, 1.165) is 11.5 Å². The summed E-state index contributed by atoms with van der Waals surface area (Å²) < 4.78 is 5.19. The molecule has 0 saturated carbocycles. The van der Waals surface area contributed by atoms with Crippen LogP contribution in [0.15, 0.2) is 23.1 Å². The van der Waals surface area contributed by atoms with Crippen molar-refractivity contribution in [1.82, 2.24) is 0 Å². The van der Waals surface area contributed by atoms with Gasteiger partial charge in [0.2, 0.25) is 0 Å². The highest BCUT2D eigenvalue weighted by Crippen LogP contribution is 2.38. The second-order valence-electron chi connectivity index (χ2n) is 4.16. The molecule has 3 heteroatoms. The highest BCUT2D eigenvalue weighted by atomic mass is 32.2. The minimum Gasteiger partial charge on any atom is -0.497 e. The van der Waals surface area contributed by atoms with Gasteiger partial charge in [-0.05, 0) is 32.0 Å². The van der Waals surface area contributed by atoms with Crippen LogP contribution in [0.4, 0.5) is 5.69 Å². The average molecular weight is 209 g/mol. The first kappa shape index (κ1) is 9.71. The number of nitrogens with one attached hydrogen (secondary N) is 1. The third kappa shape index (κ3) is 1.82. The van der Waals surface area contributed by atoms with E-state index in [4.69, 9.17) is 4.74 Å². The molecule has 2 nitrogen and oxygen atoms in total. The fourth-order valence-corrected chi connectivity index (χ4v) is 2.57. The van der Waals surface area contributed by atoms with E-state index in [2.05, 4.69) is 31.3 Å². The molecular weight excluding hydrogens is 194 g/mol. The van der Waals surface area contributed by atoms with Crippen LogP contribution < -0.4 is 10.1 Å². The van der Waals surface area contributed by atoms with Gasteiger partial charge in [-0.3, -0.25) is 0 Å². The van der Waals surface area contributed by atoms with Gasteiger partial charge < -0.3 is 10.1 Å². The number of fused-ring (bicyclic) bond motifs is 1. The molecular formula is C11H15NOS. The molecule has 2 rings (SSSR count). The van der Waals surface area contributed by atoms with E-state index < -0.39 is 0 Å². The Bertz CT molecular complexity index is 349. The molecule has 1 aromatic rings. The van der Waals surface area contributed by atoms with Crippen molar-refractivity contribution in [2.75, 3.05) is 18.2 Å². The van der Waals surface area contributed by atoms with Crippen molar-refractivity contribution in [3.8, 4) is 5.75 Å². The molecule has 0 saturated heterocycles. The molecule has 76 valence electrons. The molecule has 0 bridgehead atoms. The van der Waals surface area contributed by atoms with E-state index in [1.165, 1.54) is 10.6 Å². The predicted molar refractivity (Wildman–Crippen MR) is 61.4 cm³/mol. The summed E-state index contributed by atoms with van der Waals surface area (Å²) in [6.07, 6.45) is 0. The number of ether oxygens (including phenoxy) is 1. The fourth-order valence-electron chi connectivity index (χ4n) is 1.51. The Morgan fingerprint density at radius 2 is 2.21 bits per heavy atom. The van der Waals surface area contributed by atoms with Crippen molar-refractivity contribution in [2.24, 2.45) is 0 Å². The molecule has 1 aliphatic heterocycles. The normalized spacial score (nSPS) is 18.2. The molecule has 0 spiro atoms. The van der Waals surface area contributed by atoms with E-state index >= 15 is 0 Å². The van der Waals surface area contributed by atoms with Crippen molar-refractivity contribution in [1.29, 1.82) is 0 Å². The summed E-state index contributed by atoms with van der Waals surface area (Å²) in [6.45, 7) is 4.43. The molecule has 14 heavy (non-hydrogen) atoms. The maximum absolute atomic E-state index is 5.19. The zero-order valence-electron chi connectivity index (χ0n) is 8.76. The minimum atomic E-state index is 0.187. The lowest BCUT2D eigenvalue weighted by molar-refractivity contribution is 0.413. The van der Waals surface area contributed by atoms with Crippen molar-refractivity contribution in [2.45, 2.75) is 24.3 Å². The third-order valence-corrected chi connectivity index (χ3v) is 3.77. The molecule has 1 aromatic carbocycles. The zero-order valence-corrected chi connectivity index (χ0v) is 9.57. The summed E-state index contributed by atoms with van der Waals surface area (Å²) in [5.41, 5.74) is 1.40. The number of hydrogen-bond acceptors (Lipinski definition) is 3. The number of hydrogen-bond donors (Lipinski definition) is 1. The molecule has 0 atom stereocenters. The van der Waals surface area contributed by atoms with Crippen LogP contribution >= 0.6 is 11.8 Å². The van der Waals surface area contributed by atoms with E-state index in [9.17, 15) is 0 Å². The standard InChI is InChI=1S/C11H15NOS/c1-11(2)7-14-10-6-8(13-3)4-5-9(10)12-11/h4-6,12H,7H2,1-3H3. The highest BCUT2D eigenvalue weighted by molar-refractivity contribution is 7.99. The summed E-state index contributed by atoms with van der Waals surface area (Å²) in [4.78, 5) is 1.28. The zero-order chi connectivity index (χ0) is 10.2. The second-order valence-corrected chi connectivity index (χ2v) is 5.18. The number of methoxy groups -OCH3 is 1. The monoisotopic (exact) mass is 209 g/mol. The summed E-state index contributed by atoms with van der Waals surface area (Å²) >= 11 is 1.88. The highest BCUT2D eigenvalue weighted by Gasteiger charge is 2.24. The smallest absolute Gasteiger partial charge is 0.120 e. The first-order chi connectivity index (χ1) is 6.61.